The first-order valence-corrected chi connectivity index (χ1v) is 9.44. The summed E-state index contributed by atoms with van der Waals surface area (Å²) in [6.45, 7) is 0. The summed E-state index contributed by atoms with van der Waals surface area (Å²) < 4.78 is 26.1. The van der Waals surface area contributed by atoms with Gasteiger partial charge in [-0.25, -0.2) is 8.42 Å². The number of hydrogen-bond acceptors (Lipinski definition) is 3. The fourth-order valence-corrected chi connectivity index (χ4v) is 2.83. The van der Waals surface area contributed by atoms with Crippen LogP contribution in [-0.4, -0.2) is 20.6 Å². The Morgan fingerprint density at radius 1 is 1.14 bits per heavy atom. The molecule has 0 unspecified atom stereocenters. The first kappa shape index (κ1) is 17.0. The predicted molar refractivity (Wildman–Crippen MR) is 97.0 cm³/mol. The molecule has 2 aromatic rings. The van der Waals surface area contributed by atoms with Crippen LogP contribution in [0, 0.1) is 3.57 Å². The molecular formula is C14H12ClIN2O3S. The second kappa shape index (κ2) is 6.84. The molecule has 1 amide bonds. The van der Waals surface area contributed by atoms with Gasteiger partial charge in [-0.3, -0.25) is 9.52 Å². The number of nitrogens with one attached hydrogen (secondary N) is 2. The maximum atomic E-state index is 12.4. The van der Waals surface area contributed by atoms with Crippen LogP contribution in [0.5, 0.6) is 0 Å². The molecule has 0 aliphatic rings. The highest BCUT2D eigenvalue weighted by molar-refractivity contribution is 14.1. The van der Waals surface area contributed by atoms with E-state index < -0.39 is 15.9 Å². The first-order chi connectivity index (χ1) is 10.2. The number of halogens is 2. The van der Waals surface area contributed by atoms with Crippen molar-refractivity contribution in [2.24, 2.45) is 0 Å². The summed E-state index contributed by atoms with van der Waals surface area (Å²) in [6.07, 6.45) is 1.02. The van der Waals surface area contributed by atoms with Crippen LogP contribution in [-0.2, 0) is 10.0 Å². The summed E-state index contributed by atoms with van der Waals surface area (Å²) in [7, 11) is -3.50. The summed E-state index contributed by atoms with van der Waals surface area (Å²) in [5.41, 5.74) is 0.932. The average Bonchev–Trinajstić information content (AvgIpc) is 2.42. The van der Waals surface area contributed by atoms with Gasteiger partial charge in [-0.1, -0.05) is 11.6 Å². The molecule has 0 aliphatic carbocycles. The Kier molecular flexibility index (Phi) is 5.30. The third-order valence-corrected chi connectivity index (χ3v) is 4.17. The van der Waals surface area contributed by atoms with Gasteiger partial charge in [-0.2, -0.15) is 0 Å². The molecule has 0 atom stereocenters. The van der Waals surface area contributed by atoms with E-state index in [9.17, 15) is 13.2 Å². The average molecular weight is 451 g/mol. The zero-order chi connectivity index (χ0) is 16.3. The number of rotatable bonds is 4. The summed E-state index contributed by atoms with van der Waals surface area (Å²) in [6, 6.07) is 11.6. The molecule has 2 N–H and O–H groups in total. The molecule has 0 bridgehead atoms. The van der Waals surface area contributed by atoms with Crippen LogP contribution in [0.2, 0.25) is 5.02 Å². The fraction of sp³-hybridized carbons (Fsp3) is 0.0714. The van der Waals surface area contributed by atoms with E-state index in [0.29, 0.717) is 10.7 Å². The first-order valence-electron chi connectivity index (χ1n) is 6.09. The molecule has 0 spiro atoms. The van der Waals surface area contributed by atoms with Crippen molar-refractivity contribution in [2.45, 2.75) is 0 Å². The van der Waals surface area contributed by atoms with Gasteiger partial charge < -0.3 is 5.32 Å². The lowest BCUT2D eigenvalue weighted by Gasteiger charge is -2.11. The third-order valence-electron chi connectivity index (χ3n) is 2.62. The minimum Gasteiger partial charge on any atom is -0.322 e. The zero-order valence-corrected chi connectivity index (χ0v) is 15.2. The quantitative estimate of drug-likeness (QED) is 0.699. The van der Waals surface area contributed by atoms with Crippen LogP contribution in [0.25, 0.3) is 0 Å². The number of amides is 1. The van der Waals surface area contributed by atoms with Crippen LogP contribution in [0.3, 0.4) is 0 Å². The lowest BCUT2D eigenvalue weighted by Crippen LogP contribution is -2.17. The topological polar surface area (TPSA) is 75.3 Å². The van der Waals surface area contributed by atoms with E-state index in [1.165, 1.54) is 18.2 Å². The van der Waals surface area contributed by atoms with Gasteiger partial charge in [0.2, 0.25) is 10.0 Å². The predicted octanol–water partition coefficient (Wildman–Crippen LogP) is 3.57. The van der Waals surface area contributed by atoms with Crippen LogP contribution < -0.4 is 10.0 Å². The molecule has 5 nitrogen and oxygen atoms in total. The van der Waals surface area contributed by atoms with Crippen molar-refractivity contribution in [1.82, 2.24) is 0 Å². The number of anilines is 2. The van der Waals surface area contributed by atoms with Crippen molar-refractivity contribution in [3.05, 3.63) is 56.6 Å². The number of carbonyl (C=O) groups is 1. The van der Waals surface area contributed by atoms with Gasteiger partial charge in [0.1, 0.15) is 0 Å². The van der Waals surface area contributed by atoms with Crippen molar-refractivity contribution in [3.63, 3.8) is 0 Å². The molecule has 0 radical (unpaired) electrons. The zero-order valence-electron chi connectivity index (χ0n) is 11.4. The van der Waals surface area contributed by atoms with E-state index in [4.69, 9.17) is 11.6 Å². The molecule has 22 heavy (non-hydrogen) atoms. The molecule has 0 fully saturated rings. The van der Waals surface area contributed by atoms with Gasteiger partial charge in [-0.15, -0.1) is 0 Å². The number of hydrogen-bond donors (Lipinski definition) is 2. The maximum absolute atomic E-state index is 12.4. The Labute approximate surface area is 147 Å². The van der Waals surface area contributed by atoms with E-state index in [1.807, 2.05) is 12.1 Å². The molecule has 0 saturated heterocycles. The molecular weight excluding hydrogens is 439 g/mol. The second-order valence-electron chi connectivity index (χ2n) is 4.53. The Hall–Kier alpha value is -1.32. The lowest BCUT2D eigenvalue weighted by molar-refractivity contribution is 0.102. The standard InChI is InChI=1S/C14H12ClIN2O3S/c1-22(20,21)18-13-7-2-9(15)8-12(13)14(19)17-11-5-3-10(16)4-6-11/h2-8,18H,1H3,(H,17,19). The van der Waals surface area contributed by atoms with Crippen LogP contribution in [0.1, 0.15) is 10.4 Å². The minimum atomic E-state index is -3.50. The summed E-state index contributed by atoms with van der Waals surface area (Å²) >= 11 is 8.06. The molecule has 2 aromatic carbocycles. The van der Waals surface area contributed by atoms with Crippen molar-refractivity contribution < 1.29 is 13.2 Å². The molecule has 0 saturated carbocycles. The normalized spacial score (nSPS) is 11.0. The van der Waals surface area contributed by atoms with Gasteiger partial charge >= 0.3 is 0 Å². The van der Waals surface area contributed by atoms with Crippen LogP contribution >= 0.6 is 34.2 Å². The lowest BCUT2D eigenvalue weighted by atomic mass is 10.1. The highest BCUT2D eigenvalue weighted by Crippen LogP contribution is 2.23. The summed E-state index contributed by atoms with van der Waals surface area (Å²) in [5, 5.41) is 3.04. The summed E-state index contributed by atoms with van der Waals surface area (Å²) in [4.78, 5) is 12.4. The monoisotopic (exact) mass is 450 g/mol. The van der Waals surface area contributed by atoms with Crippen molar-refractivity contribution in [3.8, 4) is 0 Å². The van der Waals surface area contributed by atoms with E-state index in [0.717, 1.165) is 9.83 Å². The van der Waals surface area contributed by atoms with Gasteiger partial charge in [0, 0.05) is 14.3 Å². The summed E-state index contributed by atoms with van der Waals surface area (Å²) in [5.74, 6) is -0.449. The fourth-order valence-electron chi connectivity index (χ4n) is 1.72. The Balaban J connectivity index is 2.31. The van der Waals surface area contributed by atoms with Crippen LogP contribution in [0.15, 0.2) is 42.5 Å². The number of sulfonamides is 1. The maximum Gasteiger partial charge on any atom is 0.257 e. The Bertz CT molecular complexity index is 807. The van der Waals surface area contributed by atoms with Gasteiger partial charge in [-0.05, 0) is 65.1 Å². The minimum absolute atomic E-state index is 0.150. The van der Waals surface area contributed by atoms with Gasteiger partial charge in [0.15, 0.2) is 0 Å². The van der Waals surface area contributed by atoms with E-state index in [-0.39, 0.29) is 11.3 Å². The van der Waals surface area contributed by atoms with E-state index in [2.05, 4.69) is 32.6 Å². The molecule has 8 heteroatoms. The largest absolute Gasteiger partial charge is 0.322 e. The second-order valence-corrected chi connectivity index (χ2v) is 7.96. The highest BCUT2D eigenvalue weighted by atomic mass is 127. The number of carbonyl (C=O) groups excluding carboxylic acids is 1. The SMILES string of the molecule is CS(=O)(=O)Nc1ccc(Cl)cc1C(=O)Nc1ccc(I)cc1. The Morgan fingerprint density at radius 2 is 1.77 bits per heavy atom. The Morgan fingerprint density at radius 3 is 2.36 bits per heavy atom. The highest BCUT2D eigenvalue weighted by Gasteiger charge is 2.15. The molecule has 2 rings (SSSR count). The van der Waals surface area contributed by atoms with E-state index >= 15 is 0 Å². The van der Waals surface area contributed by atoms with Crippen molar-refractivity contribution in [1.29, 1.82) is 0 Å². The molecule has 0 aromatic heterocycles. The van der Waals surface area contributed by atoms with Crippen LogP contribution in [0.4, 0.5) is 11.4 Å². The van der Waals surface area contributed by atoms with Gasteiger partial charge in [0.25, 0.3) is 5.91 Å². The third kappa shape index (κ3) is 4.85. The van der Waals surface area contributed by atoms with Crippen molar-refractivity contribution in [2.75, 3.05) is 16.3 Å². The smallest absolute Gasteiger partial charge is 0.257 e. The van der Waals surface area contributed by atoms with Crippen molar-refractivity contribution >= 4 is 61.5 Å². The van der Waals surface area contributed by atoms with Gasteiger partial charge in [0.05, 0.1) is 17.5 Å². The van der Waals surface area contributed by atoms with E-state index in [1.54, 1.807) is 12.1 Å². The molecule has 0 heterocycles. The molecule has 116 valence electrons. The molecule has 0 aliphatic heterocycles. The number of benzene rings is 2.